The van der Waals surface area contributed by atoms with Gasteiger partial charge in [-0.1, -0.05) is 44.0 Å². The van der Waals surface area contributed by atoms with Crippen molar-refractivity contribution in [1.29, 1.82) is 0 Å². The van der Waals surface area contributed by atoms with Crippen molar-refractivity contribution < 1.29 is 33.3 Å². The molecule has 0 spiro atoms. The second kappa shape index (κ2) is 12.0. The van der Waals surface area contributed by atoms with Gasteiger partial charge in [-0.2, -0.15) is 0 Å². The van der Waals surface area contributed by atoms with Crippen LogP contribution in [-0.2, 0) is 9.53 Å². The van der Waals surface area contributed by atoms with E-state index < -0.39 is 23.5 Å². The summed E-state index contributed by atoms with van der Waals surface area (Å²) in [7, 11) is 3.11. The van der Waals surface area contributed by atoms with Crippen molar-refractivity contribution >= 4 is 22.7 Å². The molecule has 4 rings (SSSR count). The van der Waals surface area contributed by atoms with E-state index in [9.17, 15) is 14.7 Å². The minimum absolute atomic E-state index is 0.0166. The lowest BCUT2D eigenvalue weighted by Gasteiger charge is -2.26. The number of aliphatic hydroxyl groups excluding tert-OH is 1. The number of para-hydroxylation sites is 1. The second-order valence-electron chi connectivity index (χ2n) is 8.95. The van der Waals surface area contributed by atoms with E-state index in [0.29, 0.717) is 54.2 Å². The Bertz CT molecular complexity index is 1280. The molecule has 8 heteroatoms. The van der Waals surface area contributed by atoms with E-state index in [1.54, 1.807) is 31.4 Å². The fourth-order valence-electron chi connectivity index (χ4n) is 4.57. The number of methoxy groups -OCH3 is 2. The van der Waals surface area contributed by atoms with Crippen LogP contribution in [0.1, 0.15) is 54.8 Å². The van der Waals surface area contributed by atoms with Crippen LogP contribution in [-0.4, -0.2) is 55.7 Å². The molecule has 2 aromatic carbocycles. The molecule has 196 valence electrons. The maximum Gasteiger partial charge on any atom is 0.290 e. The summed E-state index contributed by atoms with van der Waals surface area (Å²) in [5, 5.41) is 11.6. The Morgan fingerprint density at radius 3 is 2.54 bits per heavy atom. The Hall–Kier alpha value is -3.78. The quantitative estimate of drug-likeness (QED) is 0.237. The Kier molecular flexibility index (Phi) is 8.50. The molecule has 0 radical (unpaired) electrons. The maximum absolute atomic E-state index is 13.7. The lowest BCUT2D eigenvalue weighted by atomic mass is 9.95. The predicted octanol–water partition coefficient (Wildman–Crippen LogP) is 5.63. The number of Topliss-reactive ketones (excluding diaryl/α,β-unsaturated/α-hetero) is 1. The molecule has 37 heavy (non-hydrogen) atoms. The Morgan fingerprint density at radius 1 is 1.05 bits per heavy atom. The van der Waals surface area contributed by atoms with Gasteiger partial charge in [0.25, 0.3) is 5.91 Å². The van der Waals surface area contributed by atoms with Crippen LogP contribution in [0.3, 0.4) is 0 Å². The number of carbonyl (C=O) groups excluding carboxylic acids is 2. The van der Waals surface area contributed by atoms with Gasteiger partial charge in [0.05, 0.1) is 25.3 Å². The van der Waals surface area contributed by atoms with Gasteiger partial charge in [-0.15, -0.1) is 0 Å². The molecule has 0 fully saturated rings. The Balaban J connectivity index is 1.67. The summed E-state index contributed by atoms with van der Waals surface area (Å²) in [6.45, 7) is 3.51. The van der Waals surface area contributed by atoms with E-state index in [-0.39, 0.29) is 11.3 Å². The number of fused-ring (bicyclic) bond motifs is 1. The molecular formula is C29H33NO7. The molecular weight excluding hydrogens is 474 g/mol. The van der Waals surface area contributed by atoms with Crippen LogP contribution in [0.25, 0.3) is 11.0 Å². The highest BCUT2D eigenvalue weighted by molar-refractivity contribution is 6.16. The highest BCUT2D eigenvalue weighted by Gasteiger charge is 2.44. The fraction of sp³-hybridized carbons (Fsp3) is 0.379. The zero-order chi connectivity index (χ0) is 26.4. The summed E-state index contributed by atoms with van der Waals surface area (Å²) in [6, 6.07) is 13.5. The van der Waals surface area contributed by atoms with Crippen LogP contribution < -0.4 is 9.47 Å². The highest BCUT2D eigenvalue weighted by atomic mass is 16.5. The number of unbranched alkanes of at least 4 members (excludes halogenated alkanes) is 2. The molecule has 0 saturated carbocycles. The Labute approximate surface area is 216 Å². The van der Waals surface area contributed by atoms with E-state index in [0.717, 1.165) is 19.3 Å². The van der Waals surface area contributed by atoms with Crippen molar-refractivity contribution in [2.45, 2.75) is 38.6 Å². The number of amides is 1. The monoisotopic (exact) mass is 507 g/mol. The minimum Gasteiger partial charge on any atom is -0.503 e. The number of hydrogen-bond donors (Lipinski definition) is 1. The number of hydrogen-bond acceptors (Lipinski definition) is 7. The van der Waals surface area contributed by atoms with Crippen molar-refractivity contribution in [2.75, 3.05) is 34.0 Å². The van der Waals surface area contributed by atoms with Crippen molar-refractivity contribution in [3.05, 3.63) is 71.2 Å². The van der Waals surface area contributed by atoms with Gasteiger partial charge >= 0.3 is 0 Å². The zero-order valence-corrected chi connectivity index (χ0v) is 21.5. The number of rotatable bonds is 13. The lowest BCUT2D eigenvalue weighted by Crippen LogP contribution is -2.32. The number of ketones is 1. The molecule has 1 aromatic heterocycles. The van der Waals surface area contributed by atoms with Crippen LogP contribution in [0.5, 0.6) is 11.5 Å². The van der Waals surface area contributed by atoms with Crippen molar-refractivity contribution in [1.82, 2.24) is 4.90 Å². The molecule has 1 unspecified atom stereocenters. The van der Waals surface area contributed by atoms with Crippen LogP contribution in [0, 0.1) is 0 Å². The summed E-state index contributed by atoms with van der Waals surface area (Å²) in [6.07, 6.45) is 3.73. The zero-order valence-electron chi connectivity index (χ0n) is 21.5. The normalized spacial score (nSPS) is 15.6. The largest absolute Gasteiger partial charge is 0.503 e. The molecule has 3 aromatic rings. The number of furan rings is 1. The van der Waals surface area contributed by atoms with Gasteiger partial charge in [-0.05, 0) is 42.7 Å². The molecule has 1 N–H and O–H groups in total. The first-order chi connectivity index (χ1) is 18.0. The highest BCUT2D eigenvalue weighted by Crippen LogP contribution is 2.40. The number of nitrogens with zero attached hydrogens (tertiary/aromatic N) is 1. The van der Waals surface area contributed by atoms with Crippen LogP contribution in [0.15, 0.2) is 64.3 Å². The van der Waals surface area contributed by atoms with E-state index in [1.165, 1.54) is 12.0 Å². The predicted molar refractivity (Wildman–Crippen MR) is 139 cm³/mol. The van der Waals surface area contributed by atoms with Gasteiger partial charge in [-0.25, -0.2) is 0 Å². The molecule has 1 aliphatic rings. The molecule has 0 bridgehead atoms. The Morgan fingerprint density at radius 2 is 1.84 bits per heavy atom. The summed E-state index contributed by atoms with van der Waals surface area (Å²) < 4.78 is 22.2. The maximum atomic E-state index is 13.7. The number of aliphatic hydroxyl groups is 1. The van der Waals surface area contributed by atoms with E-state index in [2.05, 4.69) is 6.92 Å². The van der Waals surface area contributed by atoms with Crippen molar-refractivity contribution in [2.24, 2.45) is 0 Å². The van der Waals surface area contributed by atoms with Crippen LogP contribution in [0.2, 0.25) is 0 Å². The fourth-order valence-corrected chi connectivity index (χ4v) is 4.57. The van der Waals surface area contributed by atoms with Crippen molar-refractivity contribution in [3.8, 4) is 11.5 Å². The average molecular weight is 508 g/mol. The van der Waals surface area contributed by atoms with Gasteiger partial charge in [0, 0.05) is 25.6 Å². The third kappa shape index (κ3) is 5.49. The smallest absolute Gasteiger partial charge is 0.290 e. The molecule has 0 aliphatic carbocycles. The van der Waals surface area contributed by atoms with Gasteiger partial charge in [0.2, 0.25) is 5.78 Å². The molecule has 1 atom stereocenters. The molecule has 2 heterocycles. The SMILES string of the molecule is CCCCCOc1ccc(C2C(C(=O)c3cc4cccc(OC)c4o3)=C(O)C(=O)N2CCCOC)cc1. The number of benzene rings is 2. The lowest BCUT2D eigenvalue weighted by molar-refractivity contribution is -0.129. The standard InChI is InChI=1S/C29H33NO7/c1-4-5-6-17-36-21-13-11-19(12-14-21)25-24(27(32)29(33)30(25)15-8-16-34-2)26(31)23-18-20-9-7-10-22(35-3)28(20)37-23/h7,9-14,18,25,32H,4-6,8,15-17H2,1-3H3. The summed E-state index contributed by atoms with van der Waals surface area (Å²) in [4.78, 5) is 28.3. The average Bonchev–Trinajstić information content (AvgIpc) is 3.46. The summed E-state index contributed by atoms with van der Waals surface area (Å²) in [5.41, 5.74) is 1.10. The van der Waals surface area contributed by atoms with Gasteiger partial charge in [0.1, 0.15) is 5.75 Å². The molecule has 1 amide bonds. The summed E-state index contributed by atoms with van der Waals surface area (Å²) in [5.74, 6) is -0.500. The van der Waals surface area contributed by atoms with Gasteiger partial charge in [0.15, 0.2) is 22.9 Å². The van der Waals surface area contributed by atoms with Crippen molar-refractivity contribution in [3.63, 3.8) is 0 Å². The van der Waals surface area contributed by atoms with E-state index >= 15 is 0 Å². The topological polar surface area (TPSA) is 98.4 Å². The van der Waals surface area contributed by atoms with Crippen LogP contribution >= 0.6 is 0 Å². The minimum atomic E-state index is -0.777. The molecule has 1 aliphatic heterocycles. The van der Waals surface area contributed by atoms with Gasteiger partial charge in [-0.3, -0.25) is 9.59 Å². The number of carbonyl (C=O) groups is 2. The number of ether oxygens (including phenoxy) is 3. The molecule has 8 nitrogen and oxygen atoms in total. The first kappa shape index (κ1) is 26.3. The third-order valence-corrected chi connectivity index (χ3v) is 6.46. The summed E-state index contributed by atoms with van der Waals surface area (Å²) >= 11 is 0. The third-order valence-electron chi connectivity index (χ3n) is 6.46. The first-order valence-electron chi connectivity index (χ1n) is 12.6. The van der Waals surface area contributed by atoms with E-state index in [1.807, 2.05) is 24.3 Å². The first-order valence-corrected chi connectivity index (χ1v) is 12.6. The van der Waals surface area contributed by atoms with Gasteiger partial charge < -0.3 is 28.6 Å². The molecule has 0 saturated heterocycles. The van der Waals surface area contributed by atoms with E-state index in [4.69, 9.17) is 18.6 Å². The second-order valence-corrected chi connectivity index (χ2v) is 8.95. The van der Waals surface area contributed by atoms with Crippen LogP contribution in [0.4, 0.5) is 0 Å².